The van der Waals surface area contributed by atoms with Crippen LogP contribution in [0.25, 0.3) is 0 Å². The van der Waals surface area contributed by atoms with Crippen LogP contribution in [-0.4, -0.2) is 27.4 Å². The van der Waals surface area contributed by atoms with Crippen LogP contribution in [0.4, 0.5) is 16.3 Å². The monoisotopic (exact) mass is 257 g/mol. The number of nitrogens with one attached hydrogen (secondary N) is 1. The van der Waals surface area contributed by atoms with Gasteiger partial charge in [0, 0.05) is 5.56 Å². The van der Waals surface area contributed by atoms with Crippen molar-refractivity contribution in [2.75, 3.05) is 10.3 Å². The highest BCUT2D eigenvalue weighted by molar-refractivity contribution is 5.87. The van der Waals surface area contributed by atoms with Crippen molar-refractivity contribution >= 4 is 23.9 Å². The maximum atomic E-state index is 11.5. The highest BCUT2D eigenvalue weighted by Gasteiger charge is 2.23. The molecular weight excluding hydrogens is 246 g/mol. The van der Waals surface area contributed by atoms with E-state index in [0.29, 0.717) is 18.1 Å². The third kappa shape index (κ3) is 1.90. The Morgan fingerprint density at radius 3 is 2.89 bits per heavy atom. The van der Waals surface area contributed by atoms with Crippen LogP contribution in [0.2, 0.25) is 0 Å². The van der Waals surface area contributed by atoms with Crippen LogP contribution in [0.5, 0.6) is 0 Å². The maximum Gasteiger partial charge on any atom is 0.432 e. The topological polar surface area (TPSA) is 82.8 Å². The fraction of sp³-hybridized carbons (Fsp3) is 0.0833. The van der Waals surface area contributed by atoms with Crippen molar-refractivity contribution in [1.29, 1.82) is 0 Å². The molecule has 1 aliphatic rings. The zero-order valence-electron chi connectivity index (χ0n) is 9.89. The molecule has 2 N–H and O–H groups in total. The smallest absolute Gasteiger partial charge is 0.432 e. The van der Waals surface area contributed by atoms with E-state index in [2.05, 4.69) is 15.4 Å². The van der Waals surface area contributed by atoms with Gasteiger partial charge in [0.1, 0.15) is 0 Å². The Morgan fingerprint density at radius 1 is 1.37 bits per heavy atom. The van der Waals surface area contributed by atoms with Crippen molar-refractivity contribution < 1.29 is 9.90 Å². The summed E-state index contributed by atoms with van der Waals surface area (Å²) in [5, 5.41) is 17.5. The van der Waals surface area contributed by atoms with Crippen molar-refractivity contribution in [1.82, 2.24) is 9.89 Å². The van der Waals surface area contributed by atoms with E-state index in [4.69, 9.17) is 0 Å². The van der Waals surface area contributed by atoms with E-state index < -0.39 is 6.09 Å². The summed E-state index contributed by atoms with van der Waals surface area (Å²) < 4.78 is 0. The maximum absolute atomic E-state index is 11.5. The molecule has 7 heteroatoms. The zero-order chi connectivity index (χ0) is 13.2. The number of hydrogen-bond donors (Lipinski definition) is 2. The van der Waals surface area contributed by atoms with Gasteiger partial charge in [-0.15, -0.1) is 4.79 Å². The Hall–Kier alpha value is -2.83. The van der Waals surface area contributed by atoms with Crippen LogP contribution in [-0.2, 0) is 6.54 Å². The van der Waals surface area contributed by atoms with Crippen LogP contribution in [0.15, 0.2) is 41.5 Å². The predicted molar refractivity (Wildman–Crippen MR) is 70.4 cm³/mol. The largest absolute Gasteiger partial charge is 0.463 e. The molecule has 96 valence electrons. The number of nitrogens with zero attached hydrogens (tertiary/aromatic N) is 4. The minimum Gasteiger partial charge on any atom is -0.463 e. The zero-order valence-corrected chi connectivity index (χ0v) is 9.89. The lowest BCUT2D eigenvalue weighted by Gasteiger charge is -2.21. The summed E-state index contributed by atoms with van der Waals surface area (Å²) in [6.45, 7) is 0.491. The summed E-state index contributed by atoms with van der Waals surface area (Å²) >= 11 is 0. The average Bonchev–Trinajstić information content (AvgIpc) is 2.84. The van der Waals surface area contributed by atoms with Gasteiger partial charge in [-0.3, -0.25) is 4.99 Å². The van der Waals surface area contributed by atoms with Gasteiger partial charge < -0.3 is 10.4 Å². The molecule has 1 aromatic carbocycles. The molecule has 0 radical (unpaired) electrons. The number of aliphatic imine (C=N–C) groups is 1. The molecule has 19 heavy (non-hydrogen) atoms. The standard InChI is InChI=1S/C12H11N5O2/c18-12(19)16(10-4-2-1-3-5-10)17-11-9(7-15-17)6-13-8-14-11/h1-5,7-8H,6H2,(H,13,14)(H,18,19). The summed E-state index contributed by atoms with van der Waals surface area (Å²) in [6.07, 6.45) is 2.03. The van der Waals surface area contributed by atoms with Crippen molar-refractivity contribution in [3.05, 3.63) is 42.1 Å². The first-order valence-electron chi connectivity index (χ1n) is 5.67. The number of fused-ring (bicyclic) bond motifs is 1. The van der Waals surface area contributed by atoms with Crippen molar-refractivity contribution in [3.8, 4) is 0 Å². The minimum absolute atomic E-state index is 0.491. The lowest BCUT2D eigenvalue weighted by atomic mass is 10.3. The van der Waals surface area contributed by atoms with E-state index in [0.717, 1.165) is 10.6 Å². The molecule has 0 saturated heterocycles. The quantitative estimate of drug-likeness (QED) is 0.859. The first-order valence-corrected chi connectivity index (χ1v) is 5.67. The second-order valence-corrected chi connectivity index (χ2v) is 3.95. The number of para-hydroxylation sites is 1. The molecule has 1 aliphatic heterocycles. The second kappa shape index (κ2) is 4.45. The Bertz CT molecular complexity index is 635. The van der Waals surface area contributed by atoms with E-state index in [1.54, 1.807) is 30.5 Å². The van der Waals surface area contributed by atoms with Crippen molar-refractivity contribution in [3.63, 3.8) is 0 Å². The number of rotatable bonds is 2. The van der Waals surface area contributed by atoms with Crippen molar-refractivity contribution in [2.45, 2.75) is 6.54 Å². The highest BCUT2D eigenvalue weighted by Crippen LogP contribution is 2.23. The molecule has 1 aromatic heterocycles. The van der Waals surface area contributed by atoms with Gasteiger partial charge in [0.15, 0.2) is 5.82 Å². The van der Waals surface area contributed by atoms with Crippen LogP contribution in [0.3, 0.4) is 0 Å². The van der Waals surface area contributed by atoms with Crippen LogP contribution >= 0.6 is 0 Å². The number of carbonyl (C=O) groups is 1. The first-order chi connectivity index (χ1) is 9.27. The average molecular weight is 257 g/mol. The van der Waals surface area contributed by atoms with Gasteiger partial charge in [-0.25, -0.2) is 4.79 Å². The molecule has 7 nitrogen and oxygen atoms in total. The first kappa shape index (κ1) is 11.3. The Kier molecular flexibility index (Phi) is 2.64. The molecule has 2 heterocycles. The molecule has 1 amide bonds. The normalized spacial score (nSPS) is 12.6. The van der Waals surface area contributed by atoms with Gasteiger partial charge >= 0.3 is 6.09 Å². The SMILES string of the molecule is O=C(O)N(c1ccccc1)n1ncc2c1NC=NC2. The van der Waals surface area contributed by atoms with Gasteiger partial charge in [-0.05, 0) is 12.1 Å². The van der Waals surface area contributed by atoms with Gasteiger partial charge in [0.2, 0.25) is 0 Å². The Morgan fingerprint density at radius 2 is 2.16 bits per heavy atom. The predicted octanol–water partition coefficient (Wildman–Crippen LogP) is 1.78. The molecule has 2 aromatic rings. The van der Waals surface area contributed by atoms with E-state index in [1.807, 2.05) is 6.07 Å². The molecule has 0 aliphatic carbocycles. The van der Waals surface area contributed by atoms with Gasteiger partial charge in [-0.1, -0.05) is 18.2 Å². The number of benzene rings is 1. The minimum atomic E-state index is -1.11. The number of amides is 1. The fourth-order valence-electron chi connectivity index (χ4n) is 1.91. The highest BCUT2D eigenvalue weighted by atomic mass is 16.4. The van der Waals surface area contributed by atoms with E-state index >= 15 is 0 Å². The number of carboxylic acid groups (broad SMARTS) is 1. The van der Waals surface area contributed by atoms with E-state index in [1.165, 1.54) is 11.1 Å². The molecule has 0 bridgehead atoms. The molecular formula is C12H11N5O2. The van der Waals surface area contributed by atoms with Crippen LogP contribution < -0.4 is 10.3 Å². The molecule has 0 atom stereocenters. The third-order valence-corrected chi connectivity index (χ3v) is 2.75. The summed E-state index contributed by atoms with van der Waals surface area (Å²) in [4.78, 5) is 16.9. The third-order valence-electron chi connectivity index (χ3n) is 2.75. The van der Waals surface area contributed by atoms with Crippen molar-refractivity contribution in [2.24, 2.45) is 4.99 Å². The lowest BCUT2D eigenvalue weighted by Crippen LogP contribution is -2.36. The molecule has 0 spiro atoms. The Labute approximate surface area is 108 Å². The van der Waals surface area contributed by atoms with E-state index in [-0.39, 0.29) is 0 Å². The summed E-state index contributed by atoms with van der Waals surface area (Å²) in [5.74, 6) is 0.612. The number of hydrogen-bond acceptors (Lipinski definition) is 4. The summed E-state index contributed by atoms with van der Waals surface area (Å²) in [6, 6.07) is 8.79. The van der Waals surface area contributed by atoms with Gasteiger partial charge in [-0.2, -0.15) is 10.1 Å². The van der Waals surface area contributed by atoms with Gasteiger partial charge in [0.25, 0.3) is 0 Å². The molecule has 0 saturated carbocycles. The van der Waals surface area contributed by atoms with E-state index in [9.17, 15) is 9.90 Å². The molecule has 0 unspecified atom stereocenters. The fourth-order valence-corrected chi connectivity index (χ4v) is 1.91. The summed E-state index contributed by atoms with van der Waals surface area (Å²) in [7, 11) is 0. The lowest BCUT2D eigenvalue weighted by molar-refractivity contribution is 0.198. The Balaban J connectivity index is 2.08. The van der Waals surface area contributed by atoms with Crippen LogP contribution in [0.1, 0.15) is 5.56 Å². The van der Waals surface area contributed by atoms with Crippen LogP contribution in [0, 0.1) is 0 Å². The molecule has 0 fully saturated rings. The number of aromatic nitrogens is 2. The number of anilines is 2. The summed E-state index contributed by atoms with van der Waals surface area (Å²) in [5.41, 5.74) is 1.37. The van der Waals surface area contributed by atoms with Gasteiger partial charge in [0.05, 0.1) is 24.8 Å². The molecule has 3 rings (SSSR count). The second-order valence-electron chi connectivity index (χ2n) is 3.95.